The molecule has 0 aromatic carbocycles. The van der Waals surface area contributed by atoms with Crippen LogP contribution in [0.4, 0.5) is 0 Å². The zero-order valence-corrected chi connectivity index (χ0v) is 8.43. The number of hydrogen-bond donors (Lipinski definition) is 2. The highest BCUT2D eigenvalue weighted by Gasteiger charge is 2.07. The van der Waals surface area contributed by atoms with Crippen LogP contribution in [0.5, 0.6) is 11.8 Å². The van der Waals surface area contributed by atoms with Gasteiger partial charge >= 0.3 is 5.97 Å². The van der Waals surface area contributed by atoms with Crippen LogP contribution in [0.2, 0.25) is 0 Å². The molecule has 2 N–H and O–H groups in total. The summed E-state index contributed by atoms with van der Waals surface area (Å²) in [6.07, 6.45) is 0. The van der Waals surface area contributed by atoms with Crippen LogP contribution >= 0.6 is 0 Å². The van der Waals surface area contributed by atoms with Gasteiger partial charge < -0.3 is 14.9 Å². The van der Waals surface area contributed by atoms with E-state index >= 15 is 0 Å². The maximum atomic E-state index is 11.0. The van der Waals surface area contributed by atoms with E-state index < -0.39 is 5.97 Å². The Labute approximate surface area is 87.2 Å². The minimum atomic E-state index is -0.485. The molecule has 0 fully saturated rings. The third-order valence-electron chi connectivity index (χ3n) is 1.83. The lowest BCUT2D eigenvalue weighted by atomic mass is 10.4. The lowest BCUT2D eigenvalue weighted by Gasteiger charge is -2.07. The summed E-state index contributed by atoms with van der Waals surface area (Å²) in [6, 6.07) is 2.71. The van der Waals surface area contributed by atoms with E-state index in [1.165, 1.54) is 16.7 Å². The van der Waals surface area contributed by atoms with Gasteiger partial charge in [0, 0.05) is 17.7 Å². The summed E-state index contributed by atoms with van der Waals surface area (Å²) in [5.41, 5.74) is 0.316. The van der Waals surface area contributed by atoms with Crippen LogP contribution in [0.25, 0.3) is 0 Å². The number of rotatable bonds is 4. The van der Waals surface area contributed by atoms with Gasteiger partial charge in [-0.25, -0.2) is 4.79 Å². The Hall–Kier alpha value is -1.91. The molecule has 5 nitrogen and oxygen atoms in total. The Morgan fingerprint density at radius 3 is 2.47 bits per heavy atom. The van der Waals surface area contributed by atoms with E-state index in [2.05, 4.69) is 6.58 Å². The third kappa shape index (κ3) is 2.77. The molecule has 0 spiro atoms. The van der Waals surface area contributed by atoms with Crippen molar-refractivity contribution in [3.63, 3.8) is 0 Å². The SMILES string of the molecule is C=C(C)C(=O)OCCn1c(O)ccc1O. The van der Waals surface area contributed by atoms with Gasteiger partial charge in [0.05, 0.1) is 6.54 Å². The molecule has 0 radical (unpaired) electrons. The molecule has 1 rings (SSSR count). The van der Waals surface area contributed by atoms with E-state index in [-0.39, 0.29) is 24.9 Å². The van der Waals surface area contributed by atoms with E-state index in [4.69, 9.17) is 4.74 Å². The molecular formula is C10H13NO4. The summed E-state index contributed by atoms with van der Waals surface area (Å²) in [7, 11) is 0. The maximum Gasteiger partial charge on any atom is 0.333 e. The largest absolute Gasteiger partial charge is 0.494 e. The first-order valence-corrected chi connectivity index (χ1v) is 4.42. The van der Waals surface area contributed by atoms with Gasteiger partial charge in [0.1, 0.15) is 6.61 Å². The normalized spacial score (nSPS) is 9.93. The molecule has 5 heteroatoms. The summed E-state index contributed by atoms with van der Waals surface area (Å²) in [4.78, 5) is 11.0. The summed E-state index contributed by atoms with van der Waals surface area (Å²) < 4.78 is 6.03. The van der Waals surface area contributed by atoms with Gasteiger partial charge in [-0.1, -0.05) is 6.58 Å². The minimum Gasteiger partial charge on any atom is -0.494 e. The van der Waals surface area contributed by atoms with Gasteiger partial charge in [0.25, 0.3) is 0 Å². The monoisotopic (exact) mass is 211 g/mol. The number of nitrogens with zero attached hydrogens (tertiary/aromatic N) is 1. The van der Waals surface area contributed by atoms with Gasteiger partial charge in [0.2, 0.25) is 0 Å². The summed E-state index contributed by atoms with van der Waals surface area (Å²) >= 11 is 0. The number of esters is 1. The fourth-order valence-corrected chi connectivity index (χ4v) is 1.03. The molecule has 0 atom stereocenters. The maximum absolute atomic E-state index is 11.0. The molecule has 0 aliphatic carbocycles. The van der Waals surface area contributed by atoms with Crippen LogP contribution in [0, 0.1) is 0 Å². The number of carbonyl (C=O) groups excluding carboxylic acids is 1. The standard InChI is InChI=1S/C10H13NO4/c1-7(2)10(14)15-6-5-11-8(12)3-4-9(11)13/h3-4,12-13H,1,5-6H2,2H3. The first-order chi connectivity index (χ1) is 7.02. The zero-order chi connectivity index (χ0) is 11.4. The highest BCUT2D eigenvalue weighted by molar-refractivity contribution is 5.86. The van der Waals surface area contributed by atoms with Gasteiger partial charge in [-0.2, -0.15) is 0 Å². The van der Waals surface area contributed by atoms with Crippen molar-refractivity contribution < 1.29 is 19.7 Å². The van der Waals surface area contributed by atoms with Crippen LogP contribution in [0.3, 0.4) is 0 Å². The molecule has 0 saturated heterocycles. The van der Waals surface area contributed by atoms with Crippen molar-refractivity contribution >= 4 is 5.97 Å². The van der Waals surface area contributed by atoms with E-state index in [0.29, 0.717) is 5.57 Å². The second-order valence-corrected chi connectivity index (χ2v) is 3.12. The third-order valence-corrected chi connectivity index (χ3v) is 1.83. The average Bonchev–Trinajstić information content (AvgIpc) is 2.48. The lowest BCUT2D eigenvalue weighted by Crippen LogP contribution is -2.11. The summed E-state index contributed by atoms with van der Waals surface area (Å²) in [5.74, 6) is -0.626. The van der Waals surface area contributed by atoms with Crippen LogP contribution in [0.1, 0.15) is 6.92 Å². The first-order valence-electron chi connectivity index (χ1n) is 4.42. The first kappa shape index (κ1) is 11.2. The molecule has 0 saturated carbocycles. The summed E-state index contributed by atoms with van der Waals surface area (Å²) in [5, 5.41) is 18.5. The van der Waals surface area contributed by atoms with Gasteiger partial charge in [0.15, 0.2) is 11.8 Å². The van der Waals surface area contributed by atoms with Crippen LogP contribution in [-0.2, 0) is 16.1 Å². The second kappa shape index (κ2) is 4.54. The van der Waals surface area contributed by atoms with Crippen molar-refractivity contribution in [2.75, 3.05) is 6.61 Å². The second-order valence-electron chi connectivity index (χ2n) is 3.12. The van der Waals surface area contributed by atoms with Gasteiger partial charge in [-0.15, -0.1) is 0 Å². The van der Waals surface area contributed by atoms with Crippen molar-refractivity contribution in [1.82, 2.24) is 4.57 Å². The fourth-order valence-electron chi connectivity index (χ4n) is 1.03. The molecule has 82 valence electrons. The molecular weight excluding hydrogens is 198 g/mol. The molecule has 0 aliphatic rings. The molecule has 0 aliphatic heterocycles. The predicted octanol–water partition coefficient (Wildman–Crippen LogP) is 1.02. The highest BCUT2D eigenvalue weighted by atomic mass is 16.5. The molecule has 0 amide bonds. The van der Waals surface area contributed by atoms with E-state index in [1.54, 1.807) is 6.92 Å². The Kier molecular flexibility index (Phi) is 3.38. The van der Waals surface area contributed by atoms with Crippen molar-refractivity contribution in [3.8, 4) is 11.8 Å². The fraction of sp³-hybridized carbons (Fsp3) is 0.300. The number of aromatic hydroxyl groups is 2. The Morgan fingerprint density at radius 1 is 1.47 bits per heavy atom. The van der Waals surface area contributed by atoms with Crippen molar-refractivity contribution in [1.29, 1.82) is 0 Å². The minimum absolute atomic E-state index is 0.0705. The van der Waals surface area contributed by atoms with Gasteiger partial charge in [-0.3, -0.25) is 4.57 Å². The molecule has 1 heterocycles. The quantitative estimate of drug-likeness (QED) is 0.576. The van der Waals surface area contributed by atoms with Crippen molar-refractivity contribution in [2.45, 2.75) is 13.5 Å². The zero-order valence-electron chi connectivity index (χ0n) is 8.43. The smallest absolute Gasteiger partial charge is 0.333 e. The lowest BCUT2D eigenvalue weighted by molar-refractivity contribution is -0.139. The number of carbonyl (C=O) groups is 1. The Bertz CT molecular complexity index is 361. The van der Waals surface area contributed by atoms with Crippen molar-refractivity contribution in [3.05, 3.63) is 24.3 Å². The molecule has 1 aromatic heterocycles. The van der Waals surface area contributed by atoms with E-state index in [1.807, 2.05) is 0 Å². The van der Waals surface area contributed by atoms with Crippen LogP contribution in [-0.4, -0.2) is 27.4 Å². The molecule has 15 heavy (non-hydrogen) atoms. The Balaban J connectivity index is 2.45. The van der Waals surface area contributed by atoms with Gasteiger partial charge in [-0.05, 0) is 6.92 Å². The summed E-state index contributed by atoms with van der Waals surface area (Å²) in [6.45, 7) is 5.24. The van der Waals surface area contributed by atoms with E-state index in [9.17, 15) is 15.0 Å². The Morgan fingerprint density at radius 2 is 2.00 bits per heavy atom. The average molecular weight is 211 g/mol. The topological polar surface area (TPSA) is 71.7 Å². The van der Waals surface area contributed by atoms with E-state index in [0.717, 1.165) is 0 Å². The van der Waals surface area contributed by atoms with Crippen LogP contribution in [0.15, 0.2) is 24.3 Å². The predicted molar refractivity (Wildman–Crippen MR) is 53.5 cm³/mol. The number of hydrogen-bond acceptors (Lipinski definition) is 4. The molecule has 0 bridgehead atoms. The number of aromatic nitrogens is 1. The molecule has 0 unspecified atom stereocenters. The highest BCUT2D eigenvalue weighted by Crippen LogP contribution is 2.20. The number of ether oxygens (including phenoxy) is 1. The molecule has 1 aromatic rings. The van der Waals surface area contributed by atoms with Crippen LogP contribution < -0.4 is 0 Å². The van der Waals surface area contributed by atoms with Crippen molar-refractivity contribution in [2.24, 2.45) is 0 Å².